The zero-order valence-corrected chi connectivity index (χ0v) is 15.3. The van der Waals surface area contributed by atoms with Gasteiger partial charge >= 0.3 is 6.09 Å². The van der Waals surface area contributed by atoms with Crippen LogP contribution in [0, 0.1) is 0 Å². The highest BCUT2D eigenvalue weighted by atomic mass is 79.9. The molecule has 0 fully saturated rings. The average molecular weight is 414 g/mol. The molecule has 24 heavy (non-hydrogen) atoms. The summed E-state index contributed by atoms with van der Waals surface area (Å²) >= 11 is 9.09. The van der Waals surface area contributed by atoms with Gasteiger partial charge in [-0.1, -0.05) is 30.3 Å². The number of ether oxygens (including phenoxy) is 1. The average Bonchev–Trinajstić information content (AvgIpc) is 2.60. The monoisotopic (exact) mass is 412 g/mol. The molecule has 6 nitrogen and oxygen atoms in total. The summed E-state index contributed by atoms with van der Waals surface area (Å²) in [5.74, 6) is 0.658. The van der Waals surface area contributed by atoms with Crippen molar-refractivity contribution in [2.75, 3.05) is 18.4 Å². The largest absolute Gasteiger partial charge is 0.445 e. The van der Waals surface area contributed by atoms with Gasteiger partial charge in [-0.05, 0) is 45.9 Å². The van der Waals surface area contributed by atoms with Crippen molar-refractivity contribution in [3.8, 4) is 0 Å². The summed E-state index contributed by atoms with van der Waals surface area (Å²) in [6.45, 7) is 1.55. The van der Waals surface area contributed by atoms with Crippen LogP contribution in [0.25, 0.3) is 0 Å². The number of unbranched alkanes of at least 4 members (excludes halogenated alkanes) is 1. The molecule has 0 radical (unpaired) electrons. The molecule has 0 aliphatic carbocycles. The fraction of sp³-hybridized carbons (Fsp3) is 0.312. The van der Waals surface area contributed by atoms with Crippen LogP contribution in [0.15, 0.2) is 41.0 Å². The van der Waals surface area contributed by atoms with Gasteiger partial charge in [-0.2, -0.15) is 4.98 Å². The lowest BCUT2D eigenvalue weighted by molar-refractivity contribution is 0.139. The van der Waals surface area contributed by atoms with Crippen molar-refractivity contribution in [2.24, 2.45) is 0 Å². The molecule has 1 aromatic heterocycles. The molecule has 0 spiro atoms. The second kappa shape index (κ2) is 10.1. The second-order valence-corrected chi connectivity index (χ2v) is 6.15. The number of benzene rings is 1. The summed E-state index contributed by atoms with van der Waals surface area (Å²) in [5, 5.41) is 6.09. The number of halogens is 2. The van der Waals surface area contributed by atoms with Gasteiger partial charge in [0.2, 0.25) is 5.28 Å². The van der Waals surface area contributed by atoms with Crippen LogP contribution in [0.5, 0.6) is 0 Å². The maximum Gasteiger partial charge on any atom is 0.407 e. The van der Waals surface area contributed by atoms with Crippen molar-refractivity contribution in [1.29, 1.82) is 0 Å². The summed E-state index contributed by atoms with van der Waals surface area (Å²) in [6.07, 6.45) is 2.89. The molecule has 0 atom stereocenters. The van der Waals surface area contributed by atoms with Gasteiger partial charge in [0.1, 0.15) is 12.4 Å². The van der Waals surface area contributed by atoms with Gasteiger partial charge in [-0.15, -0.1) is 0 Å². The molecule has 128 valence electrons. The Morgan fingerprint density at radius 3 is 2.75 bits per heavy atom. The standard InChI is InChI=1S/C16H18BrClN4O2/c17-13-10-21-15(18)22-14(13)19-8-4-5-9-20-16(23)24-11-12-6-2-1-3-7-12/h1-3,6-7,10H,4-5,8-9,11H2,(H,20,23)(H,19,21,22). The lowest BCUT2D eigenvalue weighted by Gasteiger charge is -2.08. The second-order valence-electron chi connectivity index (χ2n) is 4.96. The molecule has 0 bridgehead atoms. The Kier molecular flexibility index (Phi) is 7.77. The molecule has 0 aliphatic heterocycles. The zero-order chi connectivity index (χ0) is 17.2. The number of alkyl carbamates (subject to hydrolysis) is 1. The summed E-state index contributed by atoms with van der Waals surface area (Å²) in [6, 6.07) is 9.57. The first-order chi connectivity index (χ1) is 11.6. The minimum Gasteiger partial charge on any atom is -0.445 e. The van der Waals surface area contributed by atoms with Crippen LogP contribution in [0.1, 0.15) is 18.4 Å². The molecule has 8 heteroatoms. The summed E-state index contributed by atoms with van der Waals surface area (Å²) in [4.78, 5) is 19.5. The molecule has 0 saturated carbocycles. The highest BCUT2D eigenvalue weighted by Crippen LogP contribution is 2.19. The number of nitrogens with one attached hydrogen (secondary N) is 2. The van der Waals surface area contributed by atoms with Crippen LogP contribution in [0.4, 0.5) is 10.6 Å². The Hall–Kier alpha value is -1.86. The molecule has 1 amide bonds. The minimum atomic E-state index is -0.405. The third kappa shape index (κ3) is 6.72. The maximum atomic E-state index is 11.6. The molecule has 1 heterocycles. The molecule has 2 aromatic rings. The number of rotatable bonds is 8. The molecular weight excluding hydrogens is 396 g/mol. The van der Waals surface area contributed by atoms with Crippen LogP contribution in [0.3, 0.4) is 0 Å². The SMILES string of the molecule is O=C(NCCCCNc1nc(Cl)ncc1Br)OCc1ccccc1. The third-order valence-corrected chi connectivity index (χ3v) is 3.86. The van der Waals surface area contributed by atoms with Gasteiger partial charge in [0.15, 0.2) is 0 Å². The number of aromatic nitrogens is 2. The molecule has 0 saturated heterocycles. The number of hydrogen-bond donors (Lipinski definition) is 2. The van der Waals surface area contributed by atoms with Crippen LogP contribution >= 0.6 is 27.5 Å². The molecular formula is C16H18BrClN4O2. The van der Waals surface area contributed by atoms with E-state index in [-0.39, 0.29) is 11.9 Å². The predicted octanol–water partition coefficient (Wildman–Crippen LogP) is 4.01. The maximum absolute atomic E-state index is 11.6. The summed E-state index contributed by atoms with van der Waals surface area (Å²) in [5.41, 5.74) is 0.964. The number of carbonyl (C=O) groups excluding carboxylic acids is 1. The molecule has 0 aliphatic rings. The van der Waals surface area contributed by atoms with E-state index in [1.165, 1.54) is 0 Å². The van der Waals surface area contributed by atoms with Crippen molar-refractivity contribution in [1.82, 2.24) is 15.3 Å². The molecule has 0 unspecified atom stereocenters. The zero-order valence-electron chi connectivity index (χ0n) is 13.0. The quantitative estimate of drug-likeness (QED) is 0.505. The van der Waals surface area contributed by atoms with Gasteiger partial charge in [0.25, 0.3) is 0 Å². The van der Waals surface area contributed by atoms with Crippen molar-refractivity contribution < 1.29 is 9.53 Å². The Bertz CT molecular complexity index is 658. The Morgan fingerprint density at radius 2 is 1.96 bits per heavy atom. The van der Waals surface area contributed by atoms with Gasteiger partial charge in [-0.25, -0.2) is 9.78 Å². The van der Waals surface area contributed by atoms with E-state index in [0.29, 0.717) is 18.9 Å². The Balaban J connectivity index is 1.54. The van der Waals surface area contributed by atoms with E-state index in [2.05, 4.69) is 36.5 Å². The molecule has 2 N–H and O–H groups in total. The van der Waals surface area contributed by atoms with E-state index < -0.39 is 6.09 Å². The molecule has 2 rings (SSSR count). The Morgan fingerprint density at radius 1 is 1.21 bits per heavy atom. The van der Waals surface area contributed by atoms with Gasteiger partial charge in [0, 0.05) is 19.3 Å². The van der Waals surface area contributed by atoms with Crippen molar-refractivity contribution in [3.63, 3.8) is 0 Å². The van der Waals surface area contributed by atoms with Crippen molar-refractivity contribution in [3.05, 3.63) is 51.8 Å². The van der Waals surface area contributed by atoms with E-state index >= 15 is 0 Å². The first-order valence-corrected chi connectivity index (χ1v) is 8.68. The number of carbonyl (C=O) groups is 1. The molecule has 1 aromatic carbocycles. The van der Waals surface area contributed by atoms with Crippen LogP contribution in [-0.4, -0.2) is 29.2 Å². The Labute approximate surface area is 154 Å². The highest BCUT2D eigenvalue weighted by Gasteiger charge is 2.04. The lowest BCUT2D eigenvalue weighted by atomic mass is 10.2. The first kappa shape index (κ1) is 18.5. The lowest BCUT2D eigenvalue weighted by Crippen LogP contribution is -2.25. The fourth-order valence-electron chi connectivity index (χ4n) is 1.89. The number of nitrogens with zero attached hydrogens (tertiary/aromatic N) is 2. The van der Waals surface area contributed by atoms with Gasteiger partial charge < -0.3 is 15.4 Å². The normalized spacial score (nSPS) is 10.2. The van der Waals surface area contributed by atoms with Gasteiger partial charge in [-0.3, -0.25) is 0 Å². The minimum absolute atomic E-state index is 0.198. The number of anilines is 1. The van der Waals surface area contributed by atoms with E-state index in [0.717, 1.165) is 22.9 Å². The van der Waals surface area contributed by atoms with Gasteiger partial charge in [0.05, 0.1) is 4.47 Å². The fourth-order valence-corrected chi connectivity index (χ4v) is 2.36. The summed E-state index contributed by atoms with van der Waals surface area (Å²) in [7, 11) is 0. The van der Waals surface area contributed by atoms with Crippen molar-refractivity contribution in [2.45, 2.75) is 19.4 Å². The predicted molar refractivity (Wildman–Crippen MR) is 97.1 cm³/mol. The van der Waals surface area contributed by atoms with E-state index in [4.69, 9.17) is 16.3 Å². The van der Waals surface area contributed by atoms with Crippen molar-refractivity contribution >= 4 is 39.4 Å². The van der Waals surface area contributed by atoms with E-state index in [1.54, 1.807) is 6.20 Å². The number of hydrogen-bond acceptors (Lipinski definition) is 5. The van der Waals surface area contributed by atoms with Crippen LogP contribution < -0.4 is 10.6 Å². The third-order valence-electron chi connectivity index (χ3n) is 3.09. The smallest absolute Gasteiger partial charge is 0.407 e. The topological polar surface area (TPSA) is 76.1 Å². The van der Waals surface area contributed by atoms with Crippen LogP contribution in [0.2, 0.25) is 5.28 Å². The van der Waals surface area contributed by atoms with Crippen LogP contribution in [-0.2, 0) is 11.3 Å². The van der Waals surface area contributed by atoms with E-state index in [9.17, 15) is 4.79 Å². The summed E-state index contributed by atoms with van der Waals surface area (Å²) < 4.78 is 5.89. The highest BCUT2D eigenvalue weighted by molar-refractivity contribution is 9.10. The first-order valence-electron chi connectivity index (χ1n) is 7.51. The van der Waals surface area contributed by atoms with E-state index in [1.807, 2.05) is 30.3 Å². The number of amides is 1.